The lowest BCUT2D eigenvalue weighted by atomic mass is 9.79. The van der Waals surface area contributed by atoms with Gasteiger partial charge in [0, 0.05) is 43.5 Å². The number of halogens is 6. The molecule has 170 valence electrons. The monoisotopic (exact) mass is 457 g/mol. The predicted octanol–water partition coefficient (Wildman–Crippen LogP) is 3.52. The van der Waals surface area contributed by atoms with E-state index in [4.69, 9.17) is 0 Å². The van der Waals surface area contributed by atoms with Gasteiger partial charge in [-0.3, -0.25) is 4.98 Å². The number of nitrogens with zero attached hydrogens (tertiary/aromatic N) is 7. The second-order valence-electron chi connectivity index (χ2n) is 8.28. The van der Waals surface area contributed by atoms with Crippen molar-refractivity contribution in [2.24, 2.45) is 5.41 Å². The molecule has 5 heterocycles. The first-order valence-electron chi connectivity index (χ1n) is 9.80. The van der Waals surface area contributed by atoms with E-state index in [1.54, 1.807) is 6.07 Å². The summed E-state index contributed by atoms with van der Waals surface area (Å²) in [6.07, 6.45) is -4.23. The highest BCUT2D eigenvalue weighted by atomic mass is 19.4. The standard InChI is InChI=1S/C19H17F6N7/c20-18(21,22)11-32-16-13(6-28-32)27-7-15(29-16)30-4-2-17(8-30)9-31(10-17)12-1-3-26-14(5-12)19(23,24)25/h1,3,5-7H,2,4,8-11H2. The third-order valence-electron chi connectivity index (χ3n) is 5.88. The van der Waals surface area contributed by atoms with Gasteiger partial charge in [-0.15, -0.1) is 0 Å². The molecule has 5 rings (SSSR count). The van der Waals surface area contributed by atoms with E-state index >= 15 is 0 Å². The van der Waals surface area contributed by atoms with E-state index in [0.717, 1.165) is 23.4 Å². The Balaban J connectivity index is 1.30. The largest absolute Gasteiger partial charge is 0.433 e. The molecule has 0 aromatic carbocycles. The van der Waals surface area contributed by atoms with Crippen molar-refractivity contribution in [2.75, 3.05) is 36.0 Å². The van der Waals surface area contributed by atoms with Crippen LogP contribution in [0.4, 0.5) is 37.8 Å². The molecule has 0 unspecified atom stereocenters. The molecule has 0 radical (unpaired) electrons. The molecule has 2 aliphatic heterocycles. The van der Waals surface area contributed by atoms with E-state index in [1.165, 1.54) is 12.4 Å². The molecule has 2 aliphatic rings. The summed E-state index contributed by atoms with van der Waals surface area (Å²) in [7, 11) is 0. The lowest BCUT2D eigenvalue weighted by Crippen LogP contribution is -2.57. The first-order valence-corrected chi connectivity index (χ1v) is 9.80. The number of aromatic nitrogens is 5. The summed E-state index contributed by atoms with van der Waals surface area (Å²) in [5, 5.41) is 3.73. The van der Waals surface area contributed by atoms with Crippen molar-refractivity contribution in [3.05, 3.63) is 36.4 Å². The van der Waals surface area contributed by atoms with Crippen molar-refractivity contribution in [1.82, 2.24) is 24.7 Å². The van der Waals surface area contributed by atoms with E-state index in [0.29, 0.717) is 37.7 Å². The molecule has 13 heteroatoms. The number of hydrogen-bond acceptors (Lipinski definition) is 6. The fourth-order valence-electron chi connectivity index (χ4n) is 4.38. The van der Waals surface area contributed by atoms with E-state index < -0.39 is 24.6 Å². The summed E-state index contributed by atoms with van der Waals surface area (Å²) in [4.78, 5) is 15.7. The fourth-order valence-corrected chi connectivity index (χ4v) is 4.38. The van der Waals surface area contributed by atoms with Crippen LogP contribution in [0.1, 0.15) is 12.1 Å². The van der Waals surface area contributed by atoms with Crippen LogP contribution < -0.4 is 9.80 Å². The maximum absolute atomic E-state index is 12.9. The Morgan fingerprint density at radius 2 is 1.72 bits per heavy atom. The summed E-state index contributed by atoms with van der Waals surface area (Å²) < 4.78 is 77.9. The number of anilines is 2. The molecule has 1 spiro atoms. The highest BCUT2D eigenvalue weighted by molar-refractivity contribution is 5.71. The van der Waals surface area contributed by atoms with Gasteiger partial charge < -0.3 is 9.80 Å². The van der Waals surface area contributed by atoms with Crippen LogP contribution in [0.5, 0.6) is 0 Å². The summed E-state index contributed by atoms with van der Waals surface area (Å²) >= 11 is 0. The molecule has 0 amide bonds. The zero-order valence-corrected chi connectivity index (χ0v) is 16.5. The zero-order valence-electron chi connectivity index (χ0n) is 16.5. The average Bonchev–Trinajstić information content (AvgIpc) is 3.30. The van der Waals surface area contributed by atoms with Crippen LogP contribution in [-0.2, 0) is 12.7 Å². The molecule has 0 atom stereocenters. The molecule has 2 fully saturated rings. The highest BCUT2D eigenvalue weighted by Crippen LogP contribution is 2.43. The number of pyridine rings is 1. The van der Waals surface area contributed by atoms with Crippen LogP contribution in [0.15, 0.2) is 30.7 Å². The molecule has 0 N–H and O–H groups in total. The lowest BCUT2D eigenvalue weighted by Gasteiger charge is -2.49. The van der Waals surface area contributed by atoms with Crippen molar-refractivity contribution >= 4 is 22.7 Å². The maximum atomic E-state index is 12.9. The van der Waals surface area contributed by atoms with Gasteiger partial charge in [0.25, 0.3) is 0 Å². The molecule has 3 aromatic heterocycles. The minimum Gasteiger partial charge on any atom is -0.370 e. The minimum absolute atomic E-state index is 0.0625. The van der Waals surface area contributed by atoms with Gasteiger partial charge >= 0.3 is 12.4 Å². The van der Waals surface area contributed by atoms with Gasteiger partial charge in [0.2, 0.25) is 0 Å². The van der Waals surface area contributed by atoms with Gasteiger partial charge in [-0.2, -0.15) is 31.4 Å². The van der Waals surface area contributed by atoms with Gasteiger partial charge in [0.1, 0.15) is 23.6 Å². The number of fused-ring (bicyclic) bond motifs is 1. The normalized spacial score (nSPS) is 18.6. The predicted molar refractivity (Wildman–Crippen MR) is 102 cm³/mol. The molecule has 2 saturated heterocycles. The van der Waals surface area contributed by atoms with Crippen molar-refractivity contribution < 1.29 is 26.3 Å². The van der Waals surface area contributed by atoms with Crippen LogP contribution in [-0.4, -0.2) is 57.1 Å². The Kier molecular flexibility index (Phi) is 4.50. The van der Waals surface area contributed by atoms with E-state index in [2.05, 4.69) is 20.1 Å². The first-order chi connectivity index (χ1) is 15.0. The van der Waals surface area contributed by atoms with E-state index in [-0.39, 0.29) is 16.6 Å². The second kappa shape index (κ2) is 6.94. The zero-order chi connectivity index (χ0) is 22.7. The maximum Gasteiger partial charge on any atom is 0.433 e. The summed E-state index contributed by atoms with van der Waals surface area (Å²) in [6, 6.07) is 2.59. The highest BCUT2D eigenvalue weighted by Gasteiger charge is 2.48. The third kappa shape index (κ3) is 3.79. The van der Waals surface area contributed by atoms with E-state index in [9.17, 15) is 26.3 Å². The van der Waals surface area contributed by atoms with E-state index in [1.807, 2.05) is 9.80 Å². The number of hydrogen-bond donors (Lipinski definition) is 0. The van der Waals surface area contributed by atoms with Crippen molar-refractivity contribution in [2.45, 2.75) is 25.3 Å². The summed E-state index contributed by atoms with van der Waals surface area (Å²) in [5.74, 6) is 0.458. The molecule has 0 saturated carbocycles. The molecule has 0 aliphatic carbocycles. The van der Waals surface area contributed by atoms with Crippen molar-refractivity contribution in [3.8, 4) is 0 Å². The Bertz CT molecular complexity index is 1150. The number of alkyl halides is 6. The van der Waals surface area contributed by atoms with Crippen LogP contribution in [0.25, 0.3) is 11.2 Å². The molecule has 3 aromatic rings. The molecular formula is C19H17F6N7. The van der Waals surface area contributed by atoms with Crippen LogP contribution in [0, 0.1) is 5.41 Å². The topological polar surface area (TPSA) is 63.0 Å². The smallest absolute Gasteiger partial charge is 0.370 e. The quantitative estimate of drug-likeness (QED) is 0.561. The third-order valence-corrected chi connectivity index (χ3v) is 5.88. The van der Waals surface area contributed by atoms with Gasteiger partial charge in [-0.25, -0.2) is 14.6 Å². The first kappa shape index (κ1) is 20.8. The Hall–Kier alpha value is -3.12. The van der Waals surface area contributed by atoms with Crippen LogP contribution >= 0.6 is 0 Å². The van der Waals surface area contributed by atoms with Crippen LogP contribution in [0.2, 0.25) is 0 Å². The minimum atomic E-state index is -4.50. The van der Waals surface area contributed by atoms with Crippen LogP contribution in [0.3, 0.4) is 0 Å². The molecule has 7 nitrogen and oxygen atoms in total. The molecule has 0 bridgehead atoms. The molecule has 32 heavy (non-hydrogen) atoms. The summed E-state index contributed by atoms with van der Waals surface area (Å²) in [5.41, 5.74) is -0.242. The van der Waals surface area contributed by atoms with Gasteiger partial charge in [-0.05, 0) is 18.6 Å². The summed E-state index contributed by atoms with van der Waals surface area (Å²) in [6.45, 7) is 1.12. The van der Waals surface area contributed by atoms with Crippen molar-refractivity contribution in [3.63, 3.8) is 0 Å². The number of rotatable bonds is 3. The molecular weight excluding hydrogens is 440 g/mol. The van der Waals surface area contributed by atoms with Gasteiger partial charge in [-0.1, -0.05) is 0 Å². The van der Waals surface area contributed by atoms with Gasteiger partial charge in [0.15, 0.2) is 5.65 Å². The van der Waals surface area contributed by atoms with Crippen molar-refractivity contribution in [1.29, 1.82) is 0 Å². The van der Waals surface area contributed by atoms with Gasteiger partial charge in [0.05, 0.1) is 12.4 Å². The Labute approximate surface area is 177 Å². The second-order valence-corrected chi connectivity index (χ2v) is 8.28. The Morgan fingerprint density at radius 3 is 2.44 bits per heavy atom. The SMILES string of the molecule is FC(F)(F)Cn1ncc2ncc(N3CCC4(CN(c5ccnc(C(F)(F)F)c5)C4)C3)nc21. The lowest BCUT2D eigenvalue weighted by molar-refractivity contribution is -0.142. The average molecular weight is 457 g/mol. The fraction of sp³-hybridized carbons (Fsp3) is 0.474. The Morgan fingerprint density at radius 1 is 0.969 bits per heavy atom.